The van der Waals surface area contributed by atoms with Gasteiger partial charge in [0.1, 0.15) is 0 Å². The van der Waals surface area contributed by atoms with E-state index in [0.717, 1.165) is 45.8 Å². The second-order valence-electron chi connectivity index (χ2n) is 5.72. The van der Waals surface area contributed by atoms with Crippen LogP contribution in [0.25, 0.3) is 10.1 Å². The molecule has 5 heteroatoms. The number of aliphatic imine (C=N–C) groups is 1. The number of hydrogen-bond donors (Lipinski definition) is 1. The summed E-state index contributed by atoms with van der Waals surface area (Å²) in [6.45, 7) is 0. The Morgan fingerprint density at radius 3 is 3.00 bits per heavy atom. The molecule has 0 bridgehead atoms. The Morgan fingerprint density at radius 1 is 1.26 bits per heavy atom. The van der Waals surface area contributed by atoms with Crippen LogP contribution in [0, 0.1) is 0 Å². The van der Waals surface area contributed by atoms with Gasteiger partial charge in [0.25, 0.3) is 0 Å². The molecule has 1 aromatic carbocycles. The van der Waals surface area contributed by atoms with Crippen LogP contribution in [0.4, 0.5) is 0 Å². The second-order valence-corrected chi connectivity index (χ2v) is 7.18. The highest BCUT2D eigenvalue weighted by atomic mass is 35.5. The van der Waals surface area contributed by atoms with Crippen LogP contribution in [0.15, 0.2) is 46.2 Å². The number of pyridine rings is 1. The number of nitrogens with zero attached hydrogens (tertiary/aromatic N) is 1. The van der Waals surface area contributed by atoms with E-state index in [1.807, 2.05) is 30.5 Å². The Labute approximate surface area is 142 Å². The summed E-state index contributed by atoms with van der Waals surface area (Å²) in [7, 11) is 0. The average molecular weight is 343 g/mol. The molecule has 0 saturated heterocycles. The van der Waals surface area contributed by atoms with Gasteiger partial charge in [0, 0.05) is 28.1 Å². The van der Waals surface area contributed by atoms with Crippen LogP contribution in [0.2, 0.25) is 5.02 Å². The van der Waals surface area contributed by atoms with Gasteiger partial charge < -0.3 is 4.98 Å². The van der Waals surface area contributed by atoms with Gasteiger partial charge in [-0.3, -0.25) is 9.79 Å². The minimum absolute atomic E-state index is 0.0408. The van der Waals surface area contributed by atoms with E-state index in [2.05, 4.69) is 11.1 Å². The van der Waals surface area contributed by atoms with Crippen LogP contribution in [0.5, 0.6) is 0 Å². The van der Waals surface area contributed by atoms with Crippen molar-refractivity contribution in [3.8, 4) is 0 Å². The zero-order valence-corrected chi connectivity index (χ0v) is 14.0. The summed E-state index contributed by atoms with van der Waals surface area (Å²) in [6, 6.07) is 11.7. The predicted molar refractivity (Wildman–Crippen MR) is 97.2 cm³/mol. The number of hydrogen-bond acceptors (Lipinski definition) is 3. The van der Waals surface area contributed by atoms with Crippen LogP contribution < -0.4 is 5.56 Å². The number of nitrogens with one attached hydrogen (secondary N) is 1. The van der Waals surface area contributed by atoms with Crippen molar-refractivity contribution in [2.75, 3.05) is 0 Å². The smallest absolute Gasteiger partial charge is 0.248 e. The molecule has 3 nitrogen and oxygen atoms in total. The van der Waals surface area contributed by atoms with Crippen molar-refractivity contribution in [1.82, 2.24) is 4.98 Å². The summed E-state index contributed by atoms with van der Waals surface area (Å²) in [5, 5.41) is 1.85. The number of rotatable bonds is 2. The van der Waals surface area contributed by atoms with Crippen molar-refractivity contribution in [2.24, 2.45) is 4.99 Å². The number of benzene rings is 1. The number of H-pyrrole nitrogens is 1. The molecule has 23 heavy (non-hydrogen) atoms. The quantitative estimate of drug-likeness (QED) is 0.672. The number of halogens is 1. The first-order valence-electron chi connectivity index (χ1n) is 7.64. The van der Waals surface area contributed by atoms with Gasteiger partial charge in [0.05, 0.1) is 15.9 Å². The third kappa shape index (κ3) is 2.73. The molecule has 1 aliphatic carbocycles. The fourth-order valence-electron chi connectivity index (χ4n) is 3.10. The van der Waals surface area contributed by atoms with Gasteiger partial charge in [0.2, 0.25) is 5.56 Å². The molecule has 1 atom stereocenters. The molecule has 0 fully saturated rings. The molecule has 1 aliphatic rings. The summed E-state index contributed by atoms with van der Waals surface area (Å²) in [5.41, 5.74) is 2.11. The molecule has 2 aromatic heterocycles. The molecular formula is C18H15ClN2OS. The molecule has 116 valence electrons. The summed E-state index contributed by atoms with van der Waals surface area (Å²) >= 11 is 8.12. The van der Waals surface area contributed by atoms with Crippen LogP contribution in [-0.2, 0) is 6.42 Å². The highest BCUT2D eigenvalue weighted by Crippen LogP contribution is 2.35. The van der Waals surface area contributed by atoms with E-state index >= 15 is 0 Å². The minimum Gasteiger partial charge on any atom is -0.326 e. The van der Waals surface area contributed by atoms with Gasteiger partial charge in [0.15, 0.2) is 0 Å². The third-order valence-electron chi connectivity index (χ3n) is 4.23. The zero-order valence-electron chi connectivity index (χ0n) is 12.4. The first-order chi connectivity index (χ1) is 11.2. The number of fused-ring (bicyclic) bond motifs is 2. The van der Waals surface area contributed by atoms with Gasteiger partial charge in [-0.1, -0.05) is 29.8 Å². The molecule has 3 aromatic rings. The largest absolute Gasteiger partial charge is 0.326 e. The van der Waals surface area contributed by atoms with E-state index in [9.17, 15) is 4.79 Å². The fraction of sp³-hybridized carbons (Fsp3) is 0.222. The van der Waals surface area contributed by atoms with Crippen molar-refractivity contribution in [3.63, 3.8) is 0 Å². The molecule has 0 unspecified atom stereocenters. The first kappa shape index (κ1) is 14.7. The van der Waals surface area contributed by atoms with Crippen molar-refractivity contribution >= 4 is 39.2 Å². The Bertz CT molecular complexity index is 957. The maximum atomic E-state index is 11.5. The van der Waals surface area contributed by atoms with Gasteiger partial charge >= 0.3 is 0 Å². The first-order valence-corrected chi connectivity index (χ1v) is 8.84. The average Bonchev–Trinajstić information content (AvgIpc) is 2.89. The number of aromatic amines is 1. The van der Waals surface area contributed by atoms with Gasteiger partial charge in [-0.05, 0) is 37.0 Å². The number of aryl methyl sites for hydroxylation is 1. The van der Waals surface area contributed by atoms with Gasteiger partial charge in [-0.25, -0.2) is 0 Å². The molecule has 0 aliphatic heterocycles. The van der Waals surface area contributed by atoms with Crippen LogP contribution in [0.1, 0.15) is 35.0 Å². The molecule has 0 radical (unpaired) electrons. The second kappa shape index (κ2) is 5.95. The highest BCUT2D eigenvalue weighted by molar-refractivity contribution is 7.21. The van der Waals surface area contributed by atoms with E-state index in [0.29, 0.717) is 0 Å². The van der Waals surface area contributed by atoms with Crippen molar-refractivity contribution in [2.45, 2.75) is 25.3 Å². The SMILES string of the molecule is O=c1ccc2c([nH]1)CCC[C@@H]2N=Cc1sc2ccccc2c1Cl. The van der Waals surface area contributed by atoms with E-state index in [1.54, 1.807) is 17.4 Å². The Kier molecular flexibility index (Phi) is 3.79. The molecule has 1 N–H and O–H groups in total. The lowest BCUT2D eigenvalue weighted by atomic mass is 9.92. The zero-order chi connectivity index (χ0) is 15.8. The monoisotopic (exact) mass is 342 g/mol. The number of thiophene rings is 1. The Balaban J connectivity index is 1.69. The summed E-state index contributed by atoms with van der Waals surface area (Å²) in [5.74, 6) is 0. The topological polar surface area (TPSA) is 45.2 Å². The summed E-state index contributed by atoms with van der Waals surface area (Å²) in [4.78, 5) is 20.1. The highest BCUT2D eigenvalue weighted by Gasteiger charge is 2.20. The van der Waals surface area contributed by atoms with E-state index in [4.69, 9.17) is 16.6 Å². The van der Waals surface area contributed by atoms with E-state index in [-0.39, 0.29) is 11.6 Å². The lowest BCUT2D eigenvalue weighted by Gasteiger charge is -2.21. The van der Waals surface area contributed by atoms with Crippen LogP contribution in [0.3, 0.4) is 0 Å². The van der Waals surface area contributed by atoms with E-state index in [1.165, 1.54) is 4.70 Å². The minimum atomic E-state index is -0.0408. The summed E-state index contributed by atoms with van der Waals surface area (Å²) < 4.78 is 1.17. The fourth-order valence-corrected chi connectivity index (χ4v) is 4.47. The van der Waals surface area contributed by atoms with Crippen molar-refractivity contribution in [1.29, 1.82) is 0 Å². The number of aromatic nitrogens is 1. The normalized spacial score (nSPS) is 17.7. The molecule has 0 amide bonds. The molecule has 0 saturated carbocycles. The van der Waals surface area contributed by atoms with Gasteiger partial charge in [-0.2, -0.15) is 0 Å². The Morgan fingerprint density at radius 2 is 2.13 bits per heavy atom. The van der Waals surface area contributed by atoms with Crippen LogP contribution >= 0.6 is 22.9 Å². The summed E-state index contributed by atoms with van der Waals surface area (Å²) in [6.07, 6.45) is 4.84. The molecule has 2 heterocycles. The third-order valence-corrected chi connectivity index (χ3v) is 5.86. The Hall–Kier alpha value is -1.91. The maximum Gasteiger partial charge on any atom is 0.248 e. The molecular weight excluding hydrogens is 328 g/mol. The predicted octanol–water partition coefficient (Wildman–Crippen LogP) is 4.74. The lowest BCUT2D eigenvalue weighted by Crippen LogP contribution is -2.16. The van der Waals surface area contributed by atoms with Crippen LogP contribution in [-0.4, -0.2) is 11.2 Å². The van der Waals surface area contributed by atoms with Crippen molar-refractivity contribution in [3.05, 3.63) is 67.9 Å². The van der Waals surface area contributed by atoms with E-state index < -0.39 is 0 Å². The standard InChI is InChI=1S/C18H15ClN2OS/c19-18-12-4-1-2-7-15(12)23-16(18)10-20-13-5-3-6-14-11(13)8-9-17(22)21-14/h1-2,4,7-10,13H,3,5-6H2,(H,21,22)/t13-/m0/s1. The molecule has 0 spiro atoms. The molecule has 4 rings (SSSR count). The maximum absolute atomic E-state index is 11.5. The van der Waals surface area contributed by atoms with Crippen molar-refractivity contribution < 1.29 is 0 Å². The van der Waals surface area contributed by atoms with Gasteiger partial charge in [-0.15, -0.1) is 11.3 Å². The lowest BCUT2D eigenvalue weighted by molar-refractivity contribution is 0.562.